The summed E-state index contributed by atoms with van der Waals surface area (Å²) in [5, 5.41) is 3.50. The average Bonchev–Trinajstić information content (AvgIpc) is 2.68. The van der Waals surface area contributed by atoms with Gasteiger partial charge < -0.3 is 10.1 Å². The van der Waals surface area contributed by atoms with E-state index in [1.54, 1.807) is 7.11 Å². The third-order valence-corrected chi connectivity index (χ3v) is 5.40. The molecule has 4 nitrogen and oxygen atoms in total. The molecule has 0 atom stereocenters. The molecule has 1 aromatic rings. The second kappa shape index (κ2) is 9.02. The molecule has 1 aromatic carbocycles. The Hall–Kier alpha value is -1.84. The second-order valence-electron chi connectivity index (χ2n) is 7.31. The van der Waals surface area contributed by atoms with Crippen LogP contribution in [-0.2, 0) is 0 Å². The van der Waals surface area contributed by atoms with Gasteiger partial charge >= 0.3 is 0 Å². The first kappa shape index (κ1) is 18.0. The fourth-order valence-electron chi connectivity index (χ4n) is 3.87. The molecular weight excluding hydrogens is 312 g/mol. The number of ketones is 1. The van der Waals surface area contributed by atoms with Gasteiger partial charge in [-0.05, 0) is 49.9 Å². The summed E-state index contributed by atoms with van der Waals surface area (Å²) in [6.07, 6.45) is 12.0. The van der Waals surface area contributed by atoms with Gasteiger partial charge in [-0.25, -0.2) is 0 Å². The second-order valence-corrected chi connectivity index (χ2v) is 7.31. The topological polar surface area (TPSA) is 50.7 Å². The number of nitrogens with one attached hydrogen (secondary N) is 1. The molecule has 0 radical (unpaired) electrons. The fraction of sp³-hybridized carbons (Fsp3) is 0.619. The molecule has 0 spiro atoms. The van der Waals surface area contributed by atoms with Gasteiger partial charge in [0.15, 0.2) is 5.84 Å². The smallest absolute Gasteiger partial charge is 0.227 e. The highest BCUT2D eigenvalue weighted by molar-refractivity contribution is 6.45. The summed E-state index contributed by atoms with van der Waals surface area (Å²) in [4.78, 5) is 17.9. The SMILES string of the molecule is COc1ccc(C(=O)C(=NC2CCCCC2)NC2CCCCC2)cc1. The first-order valence-corrected chi connectivity index (χ1v) is 9.79. The van der Waals surface area contributed by atoms with Gasteiger partial charge in [0, 0.05) is 11.6 Å². The fourth-order valence-corrected chi connectivity index (χ4v) is 3.87. The molecule has 4 heteroatoms. The zero-order valence-corrected chi connectivity index (χ0v) is 15.3. The summed E-state index contributed by atoms with van der Waals surface area (Å²) in [5.41, 5.74) is 0.679. The Morgan fingerprint density at radius 2 is 1.56 bits per heavy atom. The highest BCUT2D eigenvalue weighted by Crippen LogP contribution is 2.22. The van der Waals surface area contributed by atoms with Gasteiger partial charge in [0.2, 0.25) is 5.78 Å². The van der Waals surface area contributed by atoms with Gasteiger partial charge in [-0.1, -0.05) is 38.5 Å². The average molecular weight is 342 g/mol. The molecule has 2 aliphatic rings. The molecule has 0 aliphatic heterocycles. The molecule has 2 aliphatic carbocycles. The number of methoxy groups -OCH3 is 1. The number of nitrogens with zero attached hydrogens (tertiary/aromatic N) is 1. The van der Waals surface area contributed by atoms with Crippen LogP contribution < -0.4 is 10.1 Å². The van der Waals surface area contributed by atoms with Crippen LogP contribution in [0.25, 0.3) is 0 Å². The largest absolute Gasteiger partial charge is 0.497 e. The highest BCUT2D eigenvalue weighted by atomic mass is 16.5. The summed E-state index contributed by atoms with van der Waals surface area (Å²) >= 11 is 0. The number of hydrogen-bond acceptors (Lipinski definition) is 3. The maximum Gasteiger partial charge on any atom is 0.227 e. The van der Waals surface area contributed by atoms with E-state index in [0.717, 1.165) is 31.4 Å². The maximum absolute atomic E-state index is 13.1. The van der Waals surface area contributed by atoms with Crippen LogP contribution in [0.15, 0.2) is 29.3 Å². The van der Waals surface area contributed by atoms with E-state index in [1.165, 1.54) is 38.5 Å². The molecule has 25 heavy (non-hydrogen) atoms. The molecule has 0 unspecified atom stereocenters. The van der Waals surface area contributed by atoms with Crippen molar-refractivity contribution in [2.45, 2.75) is 76.3 Å². The van der Waals surface area contributed by atoms with Crippen molar-refractivity contribution in [1.82, 2.24) is 5.32 Å². The van der Waals surface area contributed by atoms with Crippen molar-refractivity contribution >= 4 is 11.6 Å². The van der Waals surface area contributed by atoms with Crippen LogP contribution in [0.3, 0.4) is 0 Å². The van der Waals surface area contributed by atoms with Crippen LogP contribution in [0, 0.1) is 0 Å². The van der Waals surface area contributed by atoms with E-state index in [2.05, 4.69) is 5.32 Å². The van der Waals surface area contributed by atoms with Gasteiger partial charge in [-0.15, -0.1) is 0 Å². The number of aliphatic imine (C=N–C) groups is 1. The molecule has 0 aromatic heterocycles. The predicted octanol–water partition coefficient (Wildman–Crippen LogP) is 4.53. The normalized spacial score (nSPS) is 20.3. The molecule has 0 heterocycles. The lowest BCUT2D eigenvalue weighted by atomic mass is 9.94. The molecular formula is C21H30N2O2. The van der Waals surface area contributed by atoms with Gasteiger partial charge in [-0.2, -0.15) is 0 Å². The Morgan fingerprint density at radius 3 is 2.16 bits per heavy atom. The Kier molecular flexibility index (Phi) is 6.48. The number of hydrogen-bond donors (Lipinski definition) is 1. The van der Waals surface area contributed by atoms with Crippen molar-refractivity contribution in [1.29, 1.82) is 0 Å². The number of carbonyl (C=O) groups excluding carboxylic acids is 1. The number of ether oxygens (including phenoxy) is 1. The van der Waals surface area contributed by atoms with Crippen molar-refractivity contribution in [2.75, 3.05) is 7.11 Å². The Balaban J connectivity index is 1.77. The molecule has 2 saturated carbocycles. The van der Waals surface area contributed by atoms with Crippen molar-refractivity contribution in [2.24, 2.45) is 4.99 Å². The predicted molar refractivity (Wildman–Crippen MR) is 102 cm³/mol. The Labute approximate surface area is 151 Å². The minimum Gasteiger partial charge on any atom is -0.497 e. The summed E-state index contributed by atoms with van der Waals surface area (Å²) in [5.74, 6) is 1.35. The first-order valence-electron chi connectivity index (χ1n) is 9.79. The Morgan fingerprint density at radius 1 is 0.960 bits per heavy atom. The minimum absolute atomic E-state index is 0.0128. The molecule has 0 amide bonds. The van der Waals surface area contributed by atoms with Gasteiger partial charge in [0.1, 0.15) is 5.75 Å². The van der Waals surface area contributed by atoms with E-state index in [1.807, 2.05) is 24.3 Å². The minimum atomic E-state index is 0.0128. The summed E-state index contributed by atoms with van der Waals surface area (Å²) in [6.45, 7) is 0. The summed E-state index contributed by atoms with van der Waals surface area (Å²) in [6, 6.07) is 8.03. The first-order chi connectivity index (χ1) is 12.3. The molecule has 3 rings (SSSR count). The van der Waals surface area contributed by atoms with Gasteiger partial charge in [-0.3, -0.25) is 9.79 Å². The molecule has 1 N–H and O–H groups in total. The monoisotopic (exact) mass is 342 g/mol. The number of amidine groups is 1. The summed E-state index contributed by atoms with van der Waals surface area (Å²) < 4.78 is 5.20. The van der Waals surface area contributed by atoms with Crippen LogP contribution in [0.1, 0.15) is 74.6 Å². The zero-order chi connectivity index (χ0) is 17.5. The maximum atomic E-state index is 13.1. The molecule has 0 saturated heterocycles. The van der Waals surface area contributed by atoms with E-state index in [9.17, 15) is 4.79 Å². The number of rotatable bonds is 5. The van der Waals surface area contributed by atoms with Crippen molar-refractivity contribution < 1.29 is 9.53 Å². The third-order valence-electron chi connectivity index (χ3n) is 5.40. The summed E-state index contributed by atoms with van der Waals surface area (Å²) in [7, 11) is 1.64. The van der Waals surface area contributed by atoms with Crippen LogP contribution >= 0.6 is 0 Å². The molecule has 2 fully saturated rings. The molecule has 136 valence electrons. The number of benzene rings is 1. The lowest BCUT2D eigenvalue weighted by molar-refractivity contribution is 0.105. The third kappa shape index (κ3) is 5.07. The van der Waals surface area contributed by atoms with E-state index in [0.29, 0.717) is 23.5 Å². The quantitative estimate of drug-likeness (QED) is 0.486. The number of Topliss-reactive ketones (excluding diaryl/α,β-unsaturated/α-hetero) is 1. The standard InChI is InChI=1S/C21H30N2O2/c1-25-19-14-12-16(13-15-19)20(24)21(22-17-8-4-2-5-9-17)23-18-10-6-3-7-11-18/h12-15,17-18H,2-11H2,1H3,(H,22,23). The van der Waals surface area contributed by atoms with Gasteiger partial charge in [0.25, 0.3) is 0 Å². The number of carbonyl (C=O) groups is 1. The lowest BCUT2D eigenvalue weighted by Crippen LogP contribution is -2.41. The van der Waals surface area contributed by atoms with Crippen LogP contribution in [-0.4, -0.2) is 30.8 Å². The zero-order valence-electron chi connectivity index (χ0n) is 15.3. The highest BCUT2D eigenvalue weighted by Gasteiger charge is 2.22. The van der Waals surface area contributed by atoms with E-state index >= 15 is 0 Å². The van der Waals surface area contributed by atoms with E-state index in [4.69, 9.17) is 9.73 Å². The molecule has 0 bridgehead atoms. The van der Waals surface area contributed by atoms with E-state index in [-0.39, 0.29) is 5.78 Å². The van der Waals surface area contributed by atoms with Crippen molar-refractivity contribution in [3.8, 4) is 5.75 Å². The van der Waals surface area contributed by atoms with E-state index < -0.39 is 0 Å². The van der Waals surface area contributed by atoms with Crippen LogP contribution in [0.5, 0.6) is 5.75 Å². The van der Waals surface area contributed by atoms with Gasteiger partial charge in [0.05, 0.1) is 13.2 Å². The van der Waals surface area contributed by atoms with Crippen molar-refractivity contribution in [3.63, 3.8) is 0 Å². The van der Waals surface area contributed by atoms with Crippen molar-refractivity contribution in [3.05, 3.63) is 29.8 Å². The van der Waals surface area contributed by atoms with Crippen LogP contribution in [0.2, 0.25) is 0 Å². The lowest BCUT2D eigenvalue weighted by Gasteiger charge is -2.26. The van der Waals surface area contributed by atoms with Crippen LogP contribution in [0.4, 0.5) is 0 Å². The Bertz CT molecular complexity index is 582.